The Morgan fingerprint density at radius 2 is 1.88 bits per heavy atom. The number of hydrogen-bond donors (Lipinski definition) is 1. The van der Waals surface area contributed by atoms with Gasteiger partial charge in [-0.1, -0.05) is 15.9 Å². The molecule has 0 saturated heterocycles. The van der Waals surface area contributed by atoms with Gasteiger partial charge < -0.3 is 10.1 Å². The van der Waals surface area contributed by atoms with Crippen LogP contribution in [0.2, 0.25) is 0 Å². The number of anilines is 1. The summed E-state index contributed by atoms with van der Waals surface area (Å²) in [6.07, 6.45) is 0. The third kappa shape index (κ3) is 4.17. The van der Waals surface area contributed by atoms with E-state index in [-0.39, 0.29) is 21.9 Å². The van der Waals surface area contributed by atoms with Gasteiger partial charge in [-0.25, -0.2) is 17.1 Å². The van der Waals surface area contributed by atoms with Crippen molar-refractivity contribution in [1.82, 2.24) is 4.31 Å². The lowest BCUT2D eigenvalue weighted by Gasteiger charge is -2.15. The molecule has 1 N–H and O–H groups in total. The summed E-state index contributed by atoms with van der Waals surface area (Å²) < 4.78 is 45.2. The number of carbonyl (C=O) groups is 1. The van der Waals surface area contributed by atoms with Gasteiger partial charge in [-0.2, -0.15) is 0 Å². The monoisotopic (exact) mass is 430 g/mol. The molecule has 9 heteroatoms. The first-order chi connectivity index (χ1) is 11.7. The minimum Gasteiger partial charge on any atom is -0.495 e. The van der Waals surface area contributed by atoms with Crippen molar-refractivity contribution in [3.05, 3.63) is 52.3 Å². The molecule has 6 nitrogen and oxygen atoms in total. The standard InChI is InChI=1S/C16H16BrFN2O4S/c1-20(2)25(22,23)15-8-10(4-7-14(15)24-3)16(21)19-13-6-5-11(17)9-12(13)18/h4-9H,1-3H3,(H,19,21). The maximum atomic E-state index is 13.9. The summed E-state index contributed by atoms with van der Waals surface area (Å²) in [5, 5.41) is 2.42. The van der Waals surface area contributed by atoms with Gasteiger partial charge in [-0.3, -0.25) is 4.79 Å². The number of methoxy groups -OCH3 is 1. The fraction of sp³-hybridized carbons (Fsp3) is 0.188. The van der Waals surface area contributed by atoms with E-state index < -0.39 is 21.7 Å². The quantitative estimate of drug-likeness (QED) is 0.790. The third-order valence-corrected chi connectivity index (χ3v) is 5.69. The molecule has 0 atom stereocenters. The molecule has 0 aromatic heterocycles. The maximum absolute atomic E-state index is 13.9. The molecule has 0 bridgehead atoms. The minimum absolute atomic E-state index is 0.0129. The van der Waals surface area contributed by atoms with E-state index >= 15 is 0 Å². The second kappa shape index (κ2) is 7.51. The second-order valence-electron chi connectivity index (χ2n) is 5.23. The molecule has 0 aliphatic heterocycles. The predicted molar refractivity (Wildman–Crippen MR) is 95.9 cm³/mol. The van der Waals surface area contributed by atoms with Gasteiger partial charge in [0.25, 0.3) is 5.91 Å². The van der Waals surface area contributed by atoms with Crippen LogP contribution in [0.1, 0.15) is 10.4 Å². The van der Waals surface area contributed by atoms with Crippen LogP contribution in [0, 0.1) is 5.82 Å². The third-order valence-electron chi connectivity index (χ3n) is 3.36. The molecule has 0 radical (unpaired) electrons. The zero-order valence-corrected chi connectivity index (χ0v) is 16.1. The van der Waals surface area contributed by atoms with Gasteiger partial charge in [0.2, 0.25) is 10.0 Å². The van der Waals surface area contributed by atoms with Crippen LogP contribution in [0.3, 0.4) is 0 Å². The van der Waals surface area contributed by atoms with Crippen molar-refractivity contribution in [2.75, 3.05) is 26.5 Å². The number of halogens is 2. The summed E-state index contributed by atoms with van der Waals surface area (Å²) in [5.74, 6) is -1.14. The summed E-state index contributed by atoms with van der Waals surface area (Å²) in [5.41, 5.74) is 0.0459. The number of rotatable bonds is 5. The average molecular weight is 431 g/mol. The number of amides is 1. The van der Waals surface area contributed by atoms with Gasteiger partial charge in [0.05, 0.1) is 12.8 Å². The summed E-state index contributed by atoms with van der Waals surface area (Å²) in [6, 6.07) is 8.17. The molecule has 0 aliphatic rings. The summed E-state index contributed by atoms with van der Waals surface area (Å²) in [7, 11) is 0.268. The summed E-state index contributed by atoms with van der Waals surface area (Å²) in [4.78, 5) is 12.2. The fourth-order valence-corrected chi connectivity index (χ4v) is 3.41. The van der Waals surface area contributed by atoms with Gasteiger partial charge in [0, 0.05) is 24.1 Å². The van der Waals surface area contributed by atoms with E-state index in [2.05, 4.69) is 21.2 Å². The SMILES string of the molecule is COc1ccc(C(=O)Nc2ccc(Br)cc2F)cc1S(=O)(=O)N(C)C. The molecule has 0 saturated carbocycles. The molecule has 0 unspecified atom stereocenters. The lowest BCUT2D eigenvalue weighted by molar-refractivity contribution is 0.102. The Labute approximate surface area is 153 Å². The lowest BCUT2D eigenvalue weighted by atomic mass is 10.2. The molecule has 0 spiro atoms. The van der Waals surface area contributed by atoms with Crippen molar-refractivity contribution < 1.29 is 22.3 Å². The smallest absolute Gasteiger partial charge is 0.255 e. The lowest BCUT2D eigenvalue weighted by Crippen LogP contribution is -2.23. The number of hydrogen-bond acceptors (Lipinski definition) is 4. The number of carbonyl (C=O) groups excluding carboxylic acids is 1. The van der Waals surface area contributed by atoms with Crippen LogP contribution < -0.4 is 10.1 Å². The van der Waals surface area contributed by atoms with E-state index in [1.807, 2.05) is 0 Å². The largest absolute Gasteiger partial charge is 0.495 e. The Kier molecular flexibility index (Phi) is 5.81. The summed E-state index contributed by atoms with van der Waals surface area (Å²) in [6.45, 7) is 0. The molecular weight excluding hydrogens is 415 g/mol. The maximum Gasteiger partial charge on any atom is 0.255 e. The second-order valence-corrected chi connectivity index (χ2v) is 8.27. The van der Waals surface area contributed by atoms with E-state index in [1.54, 1.807) is 6.07 Å². The van der Waals surface area contributed by atoms with E-state index in [0.29, 0.717) is 4.47 Å². The van der Waals surface area contributed by atoms with Crippen molar-refractivity contribution in [3.63, 3.8) is 0 Å². The molecule has 0 heterocycles. The van der Waals surface area contributed by atoms with Gasteiger partial charge in [0.1, 0.15) is 16.5 Å². The first kappa shape index (κ1) is 19.4. The molecule has 2 rings (SSSR count). The number of nitrogens with one attached hydrogen (secondary N) is 1. The van der Waals surface area contributed by atoms with Crippen LogP contribution >= 0.6 is 15.9 Å². The van der Waals surface area contributed by atoms with Crippen LogP contribution in [0.5, 0.6) is 5.75 Å². The van der Waals surface area contributed by atoms with E-state index in [9.17, 15) is 17.6 Å². The van der Waals surface area contributed by atoms with Crippen LogP contribution in [-0.2, 0) is 10.0 Å². The number of sulfonamides is 1. The Morgan fingerprint density at radius 1 is 1.20 bits per heavy atom. The molecule has 0 aliphatic carbocycles. The molecule has 134 valence electrons. The topological polar surface area (TPSA) is 75.7 Å². The van der Waals surface area contributed by atoms with Crippen molar-refractivity contribution in [3.8, 4) is 5.75 Å². The summed E-state index contributed by atoms with van der Waals surface area (Å²) >= 11 is 3.13. The molecular formula is C16H16BrFN2O4S. The zero-order chi connectivity index (χ0) is 18.8. The fourth-order valence-electron chi connectivity index (χ4n) is 2.00. The Balaban J connectivity index is 2.41. The average Bonchev–Trinajstić information content (AvgIpc) is 2.56. The van der Waals surface area contributed by atoms with Crippen molar-refractivity contribution in [1.29, 1.82) is 0 Å². The number of nitrogens with zero attached hydrogens (tertiary/aromatic N) is 1. The molecule has 25 heavy (non-hydrogen) atoms. The zero-order valence-electron chi connectivity index (χ0n) is 13.7. The van der Waals surface area contributed by atoms with Crippen molar-refractivity contribution >= 4 is 37.5 Å². The first-order valence-electron chi connectivity index (χ1n) is 7.03. The van der Waals surface area contributed by atoms with E-state index in [1.165, 1.54) is 51.5 Å². The minimum atomic E-state index is -3.81. The van der Waals surface area contributed by atoms with Crippen LogP contribution in [0.15, 0.2) is 45.8 Å². The number of ether oxygens (including phenoxy) is 1. The van der Waals surface area contributed by atoms with E-state index in [0.717, 1.165) is 4.31 Å². The molecule has 0 fully saturated rings. The number of benzene rings is 2. The Bertz CT molecular complexity index is 916. The molecule has 2 aromatic rings. The first-order valence-corrected chi connectivity index (χ1v) is 9.27. The van der Waals surface area contributed by atoms with Gasteiger partial charge in [-0.15, -0.1) is 0 Å². The highest BCUT2D eigenvalue weighted by Gasteiger charge is 2.24. The van der Waals surface area contributed by atoms with Crippen LogP contribution in [0.4, 0.5) is 10.1 Å². The molecule has 1 amide bonds. The van der Waals surface area contributed by atoms with Crippen LogP contribution in [0.25, 0.3) is 0 Å². The highest BCUT2D eigenvalue weighted by atomic mass is 79.9. The van der Waals surface area contributed by atoms with Gasteiger partial charge in [0.15, 0.2) is 0 Å². The van der Waals surface area contributed by atoms with Gasteiger partial charge in [-0.05, 0) is 36.4 Å². The Hall–Kier alpha value is -1.97. The van der Waals surface area contributed by atoms with Crippen molar-refractivity contribution in [2.45, 2.75) is 4.90 Å². The highest BCUT2D eigenvalue weighted by Crippen LogP contribution is 2.27. The predicted octanol–water partition coefficient (Wildman–Crippen LogP) is 3.10. The molecule has 2 aromatic carbocycles. The van der Waals surface area contributed by atoms with Gasteiger partial charge >= 0.3 is 0 Å². The highest BCUT2D eigenvalue weighted by molar-refractivity contribution is 9.10. The van der Waals surface area contributed by atoms with E-state index in [4.69, 9.17) is 4.74 Å². The normalized spacial score (nSPS) is 11.4. The van der Waals surface area contributed by atoms with Crippen LogP contribution in [-0.4, -0.2) is 39.8 Å². The van der Waals surface area contributed by atoms with Crippen molar-refractivity contribution in [2.24, 2.45) is 0 Å². The Morgan fingerprint density at radius 3 is 2.44 bits per heavy atom.